The monoisotopic (exact) mass is 256 g/mol. The van der Waals surface area contributed by atoms with Gasteiger partial charge in [0.05, 0.1) is 0 Å². The van der Waals surface area contributed by atoms with Crippen LogP contribution in [0.15, 0.2) is 30.5 Å². The summed E-state index contributed by atoms with van der Waals surface area (Å²) in [6.07, 6.45) is 7.50. The second-order valence-corrected chi connectivity index (χ2v) is 6.70. The lowest BCUT2D eigenvalue weighted by molar-refractivity contribution is 0.198. The van der Waals surface area contributed by atoms with E-state index in [9.17, 15) is 0 Å². The highest BCUT2D eigenvalue weighted by Gasteiger charge is 2.27. The first-order valence-electron chi connectivity index (χ1n) is 7.42. The molecule has 1 fully saturated rings. The summed E-state index contributed by atoms with van der Waals surface area (Å²) in [5.41, 5.74) is 3.14. The van der Waals surface area contributed by atoms with Crippen LogP contribution in [0.1, 0.15) is 45.1 Å². The highest BCUT2D eigenvalue weighted by atomic mass is 14.9. The van der Waals surface area contributed by atoms with Crippen LogP contribution in [0.25, 0.3) is 10.9 Å². The summed E-state index contributed by atoms with van der Waals surface area (Å²) in [5, 5.41) is 5.10. The molecule has 1 aliphatic carbocycles. The summed E-state index contributed by atoms with van der Waals surface area (Å²) < 4.78 is 0. The fourth-order valence-corrected chi connectivity index (χ4v) is 3.40. The summed E-state index contributed by atoms with van der Waals surface area (Å²) >= 11 is 0. The van der Waals surface area contributed by atoms with Gasteiger partial charge in [0.1, 0.15) is 0 Å². The Bertz CT molecular complexity index is 553. The van der Waals surface area contributed by atoms with Gasteiger partial charge in [-0.25, -0.2) is 0 Å². The number of para-hydroxylation sites is 1. The topological polar surface area (TPSA) is 27.8 Å². The van der Waals surface area contributed by atoms with E-state index in [1.807, 2.05) is 0 Å². The number of H-pyrrole nitrogens is 1. The molecule has 1 unspecified atom stereocenters. The summed E-state index contributed by atoms with van der Waals surface area (Å²) in [7, 11) is 0. The van der Waals surface area contributed by atoms with Crippen LogP contribution in [-0.4, -0.2) is 11.0 Å². The third kappa shape index (κ3) is 2.84. The van der Waals surface area contributed by atoms with Crippen LogP contribution in [0.5, 0.6) is 0 Å². The molecule has 0 aliphatic heterocycles. The number of aromatic nitrogens is 1. The van der Waals surface area contributed by atoms with E-state index in [0.29, 0.717) is 11.5 Å². The third-order valence-electron chi connectivity index (χ3n) is 4.46. The van der Waals surface area contributed by atoms with Gasteiger partial charge in [0, 0.05) is 29.7 Å². The maximum absolute atomic E-state index is 3.75. The minimum absolute atomic E-state index is 0.510. The lowest BCUT2D eigenvalue weighted by atomic mass is 9.75. The van der Waals surface area contributed by atoms with Crippen LogP contribution in [0, 0.1) is 5.41 Å². The predicted octanol–water partition coefficient (Wildman–Crippen LogP) is 4.23. The van der Waals surface area contributed by atoms with Gasteiger partial charge in [-0.05, 0) is 36.3 Å². The van der Waals surface area contributed by atoms with E-state index in [4.69, 9.17) is 0 Å². The SMILES string of the molecule is CC1(C)CCCC(NCc2c[nH]c3ccccc23)C1. The van der Waals surface area contributed by atoms with E-state index in [-0.39, 0.29) is 0 Å². The largest absolute Gasteiger partial charge is 0.361 e. The number of rotatable bonds is 3. The standard InChI is InChI=1S/C17H24N2/c1-17(2)9-5-6-14(10-17)18-11-13-12-19-16-8-4-3-7-15(13)16/h3-4,7-8,12,14,18-19H,5-6,9-11H2,1-2H3. The van der Waals surface area contributed by atoms with Crippen molar-refractivity contribution in [3.05, 3.63) is 36.0 Å². The van der Waals surface area contributed by atoms with Gasteiger partial charge in [0.2, 0.25) is 0 Å². The first-order valence-corrected chi connectivity index (χ1v) is 7.42. The molecule has 0 amide bonds. The van der Waals surface area contributed by atoms with Crippen LogP contribution in [0.3, 0.4) is 0 Å². The average molecular weight is 256 g/mol. The molecular weight excluding hydrogens is 232 g/mol. The molecule has 102 valence electrons. The summed E-state index contributed by atoms with van der Waals surface area (Å²) in [6.45, 7) is 5.77. The number of aromatic amines is 1. The maximum atomic E-state index is 3.75. The van der Waals surface area contributed by atoms with Gasteiger partial charge >= 0.3 is 0 Å². The Hall–Kier alpha value is -1.28. The van der Waals surface area contributed by atoms with Crippen LogP contribution in [0.4, 0.5) is 0 Å². The maximum Gasteiger partial charge on any atom is 0.0457 e. The van der Waals surface area contributed by atoms with Crippen molar-refractivity contribution in [2.24, 2.45) is 5.41 Å². The van der Waals surface area contributed by atoms with Crippen molar-refractivity contribution in [1.29, 1.82) is 0 Å². The molecule has 2 aromatic rings. The molecule has 1 aromatic heterocycles. The van der Waals surface area contributed by atoms with Crippen molar-refractivity contribution >= 4 is 10.9 Å². The number of benzene rings is 1. The molecule has 1 atom stereocenters. The van der Waals surface area contributed by atoms with Crippen molar-refractivity contribution in [2.45, 2.75) is 52.1 Å². The zero-order chi connectivity index (χ0) is 13.3. The second-order valence-electron chi connectivity index (χ2n) is 6.70. The highest BCUT2D eigenvalue weighted by molar-refractivity contribution is 5.82. The second kappa shape index (κ2) is 5.01. The zero-order valence-electron chi connectivity index (χ0n) is 12.0. The van der Waals surface area contributed by atoms with Crippen molar-refractivity contribution in [1.82, 2.24) is 10.3 Å². The fourth-order valence-electron chi connectivity index (χ4n) is 3.40. The van der Waals surface area contributed by atoms with E-state index < -0.39 is 0 Å². The molecule has 1 heterocycles. The Kier molecular flexibility index (Phi) is 3.36. The average Bonchev–Trinajstić information content (AvgIpc) is 2.78. The first kappa shape index (κ1) is 12.7. The number of nitrogens with one attached hydrogen (secondary N) is 2. The molecule has 2 heteroatoms. The first-order chi connectivity index (χ1) is 9.14. The summed E-state index contributed by atoms with van der Waals surface area (Å²) in [6, 6.07) is 9.22. The van der Waals surface area contributed by atoms with Crippen molar-refractivity contribution in [2.75, 3.05) is 0 Å². The number of fused-ring (bicyclic) bond motifs is 1. The molecule has 0 radical (unpaired) electrons. The van der Waals surface area contributed by atoms with Crippen LogP contribution < -0.4 is 5.32 Å². The molecule has 0 saturated heterocycles. The van der Waals surface area contributed by atoms with Gasteiger partial charge in [-0.2, -0.15) is 0 Å². The molecule has 3 rings (SSSR count). The molecule has 19 heavy (non-hydrogen) atoms. The number of hydrogen-bond donors (Lipinski definition) is 2. The predicted molar refractivity (Wildman–Crippen MR) is 81.2 cm³/mol. The lowest BCUT2D eigenvalue weighted by Gasteiger charge is -2.35. The Labute approximate surface area is 115 Å². The quantitative estimate of drug-likeness (QED) is 0.845. The van der Waals surface area contributed by atoms with E-state index in [1.54, 1.807) is 0 Å². The molecule has 1 aromatic carbocycles. The number of hydrogen-bond acceptors (Lipinski definition) is 1. The molecule has 2 nitrogen and oxygen atoms in total. The molecular formula is C17H24N2. The van der Waals surface area contributed by atoms with Gasteiger partial charge in [-0.1, -0.05) is 38.5 Å². The summed E-state index contributed by atoms with van der Waals surface area (Å²) in [4.78, 5) is 3.35. The lowest BCUT2D eigenvalue weighted by Crippen LogP contribution is -2.36. The minimum atomic E-state index is 0.510. The minimum Gasteiger partial charge on any atom is -0.361 e. The molecule has 0 bridgehead atoms. The van der Waals surface area contributed by atoms with Crippen LogP contribution >= 0.6 is 0 Å². The smallest absolute Gasteiger partial charge is 0.0457 e. The molecule has 0 spiro atoms. The normalized spacial score (nSPS) is 22.7. The van der Waals surface area contributed by atoms with Gasteiger partial charge in [-0.15, -0.1) is 0 Å². The van der Waals surface area contributed by atoms with Crippen molar-refractivity contribution < 1.29 is 0 Å². The Morgan fingerprint density at radius 2 is 2.16 bits per heavy atom. The van der Waals surface area contributed by atoms with Gasteiger partial charge < -0.3 is 10.3 Å². The third-order valence-corrected chi connectivity index (χ3v) is 4.46. The van der Waals surface area contributed by atoms with Crippen molar-refractivity contribution in [3.8, 4) is 0 Å². The van der Waals surface area contributed by atoms with Crippen LogP contribution in [0.2, 0.25) is 0 Å². The molecule has 2 N–H and O–H groups in total. The summed E-state index contributed by atoms with van der Waals surface area (Å²) in [5.74, 6) is 0. The van der Waals surface area contributed by atoms with E-state index >= 15 is 0 Å². The van der Waals surface area contributed by atoms with E-state index in [0.717, 1.165) is 6.54 Å². The highest BCUT2D eigenvalue weighted by Crippen LogP contribution is 2.35. The Balaban J connectivity index is 1.66. The Morgan fingerprint density at radius 1 is 1.32 bits per heavy atom. The van der Waals surface area contributed by atoms with E-state index in [1.165, 1.54) is 42.1 Å². The van der Waals surface area contributed by atoms with Crippen molar-refractivity contribution in [3.63, 3.8) is 0 Å². The van der Waals surface area contributed by atoms with Gasteiger partial charge in [-0.3, -0.25) is 0 Å². The Morgan fingerprint density at radius 3 is 3.00 bits per heavy atom. The molecule has 1 aliphatic rings. The van der Waals surface area contributed by atoms with Crippen LogP contribution in [-0.2, 0) is 6.54 Å². The van der Waals surface area contributed by atoms with E-state index in [2.05, 4.69) is 54.6 Å². The van der Waals surface area contributed by atoms with Gasteiger partial charge in [0.25, 0.3) is 0 Å². The zero-order valence-corrected chi connectivity index (χ0v) is 12.0. The fraction of sp³-hybridized carbons (Fsp3) is 0.529. The molecule has 1 saturated carbocycles. The van der Waals surface area contributed by atoms with Gasteiger partial charge in [0.15, 0.2) is 0 Å².